The summed E-state index contributed by atoms with van der Waals surface area (Å²) in [7, 11) is 0. The van der Waals surface area contributed by atoms with Crippen LogP contribution in [-0.2, 0) is 46.9 Å². The van der Waals surface area contributed by atoms with Gasteiger partial charge in [0.25, 0.3) is 0 Å². The van der Waals surface area contributed by atoms with E-state index in [0.29, 0.717) is 19.8 Å². The van der Waals surface area contributed by atoms with Crippen molar-refractivity contribution in [2.75, 3.05) is 59.5 Å². The molecule has 0 aliphatic rings. The largest absolute Gasteiger partial charge is 0.396 e. The summed E-state index contributed by atoms with van der Waals surface area (Å²) in [6.07, 6.45) is 2.27. The normalized spacial score (nSPS) is 9.00. The van der Waals surface area contributed by atoms with Gasteiger partial charge in [0.05, 0.1) is 0 Å². The first-order chi connectivity index (χ1) is 10.2. The fourth-order valence-electron chi connectivity index (χ4n) is 0.933. The van der Waals surface area contributed by atoms with Crippen LogP contribution in [0.4, 0.5) is 0 Å². The van der Waals surface area contributed by atoms with Crippen LogP contribution in [0.2, 0.25) is 0 Å². The molecule has 3 N–H and O–H groups in total. The average Bonchev–Trinajstić information content (AvgIpc) is 2.50. The van der Waals surface area contributed by atoms with Gasteiger partial charge in [-0.05, 0) is 40.0 Å². The molecule has 1 radical (unpaired) electrons. The predicted molar refractivity (Wildman–Crippen MR) is 84.6 cm³/mol. The molecule has 0 saturated carbocycles. The van der Waals surface area contributed by atoms with Crippen molar-refractivity contribution in [2.45, 2.75) is 40.0 Å². The number of hydrogen-bond donors (Lipinski definition) is 3. The van der Waals surface area contributed by atoms with Crippen molar-refractivity contribution in [3.8, 4) is 0 Å². The Bertz CT molecular complexity index is 105. The van der Waals surface area contributed by atoms with Crippen LogP contribution in [0, 0.1) is 0 Å². The Balaban J connectivity index is -0.000000108. The van der Waals surface area contributed by atoms with Gasteiger partial charge in [-0.1, -0.05) is 0 Å². The zero-order chi connectivity index (χ0) is 16.6. The molecular weight excluding hydrogens is 365 g/mol. The minimum absolute atomic E-state index is 0. The number of hydrogen-bond acceptors (Lipinski definition) is 6. The molecule has 0 unspecified atom stereocenters. The fraction of sp³-hybridized carbons (Fsp3) is 1.00. The van der Waals surface area contributed by atoms with E-state index in [1.807, 2.05) is 20.8 Å². The summed E-state index contributed by atoms with van der Waals surface area (Å²) < 4.78 is 14.7. The first-order valence-corrected chi connectivity index (χ1v) is 7.80. The maximum absolute atomic E-state index is 8.21. The second kappa shape index (κ2) is 37.8. The van der Waals surface area contributed by atoms with Gasteiger partial charge in [-0.2, -0.15) is 0 Å². The molecule has 0 aromatic heterocycles. The zero-order valence-corrected chi connectivity index (χ0v) is 17.5. The van der Waals surface area contributed by atoms with Crippen molar-refractivity contribution >= 4 is 0 Å². The second-order valence-electron chi connectivity index (χ2n) is 3.82. The van der Waals surface area contributed by atoms with Gasteiger partial charge in [0, 0.05) is 92.2 Å². The molecule has 0 fully saturated rings. The molecule has 0 aliphatic carbocycles. The molecule has 135 valence electrons. The third kappa shape index (κ3) is 49.7. The van der Waals surface area contributed by atoms with Crippen molar-refractivity contribution in [3.05, 3.63) is 0 Å². The SMILES string of the molecule is CCOCCCO.CCOCCCO.CCOCCCO.[Y]. The Hall–Kier alpha value is 0.864. The van der Waals surface area contributed by atoms with Gasteiger partial charge in [0.15, 0.2) is 0 Å². The Labute approximate surface area is 161 Å². The van der Waals surface area contributed by atoms with Gasteiger partial charge in [0.2, 0.25) is 0 Å². The van der Waals surface area contributed by atoms with E-state index < -0.39 is 0 Å². The van der Waals surface area contributed by atoms with Crippen LogP contribution < -0.4 is 0 Å². The molecule has 0 aromatic rings. The minimum Gasteiger partial charge on any atom is -0.396 e. The average molecular weight is 401 g/mol. The summed E-state index contributed by atoms with van der Waals surface area (Å²) in [5.74, 6) is 0. The van der Waals surface area contributed by atoms with Crippen LogP contribution in [0.25, 0.3) is 0 Å². The van der Waals surface area contributed by atoms with E-state index in [1.165, 1.54) is 0 Å². The zero-order valence-electron chi connectivity index (χ0n) is 14.6. The van der Waals surface area contributed by atoms with E-state index in [4.69, 9.17) is 29.5 Å². The quantitative estimate of drug-likeness (QED) is 0.426. The summed E-state index contributed by atoms with van der Waals surface area (Å²) in [6.45, 7) is 10.8. The number of ether oxygens (including phenoxy) is 3. The van der Waals surface area contributed by atoms with E-state index in [9.17, 15) is 0 Å². The van der Waals surface area contributed by atoms with Gasteiger partial charge in [-0.15, -0.1) is 0 Å². The molecule has 0 aromatic carbocycles. The first-order valence-electron chi connectivity index (χ1n) is 7.80. The van der Waals surface area contributed by atoms with Crippen molar-refractivity contribution in [1.29, 1.82) is 0 Å². The van der Waals surface area contributed by atoms with E-state index in [1.54, 1.807) is 0 Å². The van der Waals surface area contributed by atoms with E-state index in [2.05, 4.69) is 0 Å². The molecular formula is C15H36O6Y. The molecule has 0 aliphatic heterocycles. The van der Waals surface area contributed by atoms with Crippen molar-refractivity contribution in [1.82, 2.24) is 0 Å². The summed E-state index contributed by atoms with van der Waals surface area (Å²) in [6, 6.07) is 0. The summed E-state index contributed by atoms with van der Waals surface area (Å²) >= 11 is 0. The number of aliphatic hydroxyl groups excluding tert-OH is 3. The maximum atomic E-state index is 8.21. The van der Waals surface area contributed by atoms with E-state index in [0.717, 1.165) is 39.1 Å². The molecule has 0 bridgehead atoms. The number of aliphatic hydroxyl groups is 3. The van der Waals surface area contributed by atoms with Crippen LogP contribution in [0.1, 0.15) is 40.0 Å². The molecule has 22 heavy (non-hydrogen) atoms. The third-order valence-corrected chi connectivity index (χ3v) is 1.95. The van der Waals surface area contributed by atoms with E-state index >= 15 is 0 Å². The molecule has 0 amide bonds. The maximum Gasteiger partial charge on any atom is 0.0487 e. The minimum atomic E-state index is 0. The van der Waals surface area contributed by atoms with Crippen molar-refractivity contribution in [3.63, 3.8) is 0 Å². The molecule has 0 heterocycles. The van der Waals surface area contributed by atoms with Crippen LogP contribution in [0.15, 0.2) is 0 Å². The molecule has 0 rings (SSSR count). The van der Waals surface area contributed by atoms with Gasteiger partial charge in [-0.3, -0.25) is 0 Å². The molecule has 0 saturated heterocycles. The summed E-state index contributed by atoms with van der Waals surface area (Å²) in [5.41, 5.74) is 0. The standard InChI is InChI=1S/3C5H12O2.Y/c3*1-2-7-5-3-4-6;/h3*6H,2-5H2,1H3;. The molecule has 7 heteroatoms. The summed E-state index contributed by atoms with van der Waals surface area (Å²) in [4.78, 5) is 0. The predicted octanol–water partition coefficient (Wildman–Crippen LogP) is 1.21. The van der Waals surface area contributed by atoms with Gasteiger partial charge in [0.1, 0.15) is 0 Å². The third-order valence-electron chi connectivity index (χ3n) is 1.95. The Morgan fingerprint density at radius 1 is 0.545 bits per heavy atom. The topological polar surface area (TPSA) is 88.4 Å². The van der Waals surface area contributed by atoms with Crippen LogP contribution in [0.5, 0.6) is 0 Å². The van der Waals surface area contributed by atoms with Crippen LogP contribution >= 0.6 is 0 Å². The monoisotopic (exact) mass is 401 g/mol. The number of rotatable bonds is 12. The fourth-order valence-corrected chi connectivity index (χ4v) is 0.933. The van der Waals surface area contributed by atoms with Crippen LogP contribution in [0.3, 0.4) is 0 Å². The molecule has 0 atom stereocenters. The molecule has 6 nitrogen and oxygen atoms in total. The van der Waals surface area contributed by atoms with E-state index in [-0.39, 0.29) is 52.5 Å². The first kappa shape index (κ1) is 30.7. The Morgan fingerprint density at radius 2 is 0.773 bits per heavy atom. The van der Waals surface area contributed by atoms with Crippen molar-refractivity contribution in [2.24, 2.45) is 0 Å². The Kier molecular flexibility index (Phi) is 52.8. The molecule has 0 spiro atoms. The van der Waals surface area contributed by atoms with Crippen LogP contribution in [-0.4, -0.2) is 74.8 Å². The van der Waals surface area contributed by atoms with Crippen molar-refractivity contribution < 1.29 is 62.2 Å². The van der Waals surface area contributed by atoms with Gasteiger partial charge in [-0.25, -0.2) is 0 Å². The Morgan fingerprint density at radius 3 is 0.909 bits per heavy atom. The van der Waals surface area contributed by atoms with Gasteiger partial charge < -0.3 is 29.5 Å². The second-order valence-corrected chi connectivity index (χ2v) is 3.82. The smallest absolute Gasteiger partial charge is 0.0487 e. The van der Waals surface area contributed by atoms with Gasteiger partial charge >= 0.3 is 0 Å². The summed E-state index contributed by atoms with van der Waals surface area (Å²) in [5, 5.41) is 24.6.